The van der Waals surface area contributed by atoms with Crippen molar-refractivity contribution < 1.29 is 4.42 Å². The van der Waals surface area contributed by atoms with Crippen LogP contribution in [0.25, 0.3) is 50.4 Å². The summed E-state index contributed by atoms with van der Waals surface area (Å²) in [4.78, 5) is 2.41. The van der Waals surface area contributed by atoms with Crippen molar-refractivity contribution in [3.63, 3.8) is 0 Å². The van der Waals surface area contributed by atoms with Gasteiger partial charge in [0.25, 0.3) is 0 Å². The molecule has 0 fully saturated rings. The molecule has 0 aliphatic heterocycles. The summed E-state index contributed by atoms with van der Waals surface area (Å²) in [5.74, 6) is 0. The minimum absolute atomic E-state index is 0.117. The van der Waals surface area contributed by atoms with E-state index in [2.05, 4.69) is 170 Å². The number of fused-ring (bicyclic) bond motifs is 4. The maximum absolute atomic E-state index is 6.01. The van der Waals surface area contributed by atoms with Gasteiger partial charge in [0.05, 0.1) is 6.26 Å². The monoisotopic (exact) mass is 619 g/mol. The summed E-state index contributed by atoms with van der Waals surface area (Å²) in [6, 6.07) is 50.6. The molecule has 0 unspecified atom stereocenters. The minimum atomic E-state index is -0.117. The van der Waals surface area contributed by atoms with Gasteiger partial charge in [-0.05, 0) is 100.0 Å². The summed E-state index contributed by atoms with van der Waals surface area (Å²) in [6.45, 7) is 6.71. The van der Waals surface area contributed by atoms with Crippen LogP contribution in [0.4, 0.5) is 17.1 Å². The van der Waals surface area contributed by atoms with E-state index in [1.807, 2.05) is 25.3 Å². The summed E-state index contributed by atoms with van der Waals surface area (Å²) in [5.41, 5.74) is 15.1. The zero-order valence-electron chi connectivity index (χ0n) is 27.5. The largest absolute Gasteiger partial charge is 0.464 e. The molecule has 1 aliphatic carbocycles. The highest BCUT2D eigenvalue weighted by Gasteiger charge is 2.35. The molecule has 0 saturated carbocycles. The molecule has 0 radical (unpaired) electrons. The Morgan fingerprint density at radius 2 is 1.17 bits per heavy atom. The molecule has 0 amide bonds. The van der Waals surface area contributed by atoms with Crippen molar-refractivity contribution in [1.82, 2.24) is 0 Å². The second-order valence-electron chi connectivity index (χ2n) is 13.0. The first-order valence-electron chi connectivity index (χ1n) is 16.6. The number of furan rings is 1. The third-order valence-electron chi connectivity index (χ3n) is 9.64. The van der Waals surface area contributed by atoms with Gasteiger partial charge >= 0.3 is 0 Å². The summed E-state index contributed by atoms with van der Waals surface area (Å²) in [6.07, 6.45) is 10.1. The van der Waals surface area contributed by atoms with Crippen LogP contribution in [0, 0.1) is 0 Å². The fourth-order valence-electron chi connectivity index (χ4n) is 7.19. The molecule has 8 rings (SSSR count). The minimum Gasteiger partial charge on any atom is -0.464 e. The van der Waals surface area contributed by atoms with Crippen molar-refractivity contribution in [1.29, 1.82) is 0 Å². The predicted molar refractivity (Wildman–Crippen MR) is 203 cm³/mol. The maximum atomic E-state index is 6.01. The molecular weight excluding hydrogens is 583 g/mol. The van der Waals surface area contributed by atoms with Crippen molar-refractivity contribution in [3.8, 4) is 33.4 Å². The Morgan fingerprint density at radius 3 is 1.88 bits per heavy atom. The van der Waals surface area contributed by atoms with Crippen LogP contribution in [0.2, 0.25) is 0 Å². The number of rotatable bonds is 7. The van der Waals surface area contributed by atoms with Crippen molar-refractivity contribution in [2.45, 2.75) is 26.2 Å². The van der Waals surface area contributed by atoms with Gasteiger partial charge in [0.2, 0.25) is 0 Å². The van der Waals surface area contributed by atoms with Crippen LogP contribution < -0.4 is 4.90 Å². The lowest BCUT2D eigenvalue weighted by Crippen LogP contribution is -2.16. The van der Waals surface area contributed by atoms with Crippen LogP contribution in [0.3, 0.4) is 0 Å². The second kappa shape index (κ2) is 12.1. The molecule has 2 heteroatoms. The molecule has 1 heterocycles. The van der Waals surface area contributed by atoms with E-state index < -0.39 is 0 Å². The molecule has 48 heavy (non-hydrogen) atoms. The van der Waals surface area contributed by atoms with Crippen LogP contribution in [-0.4, -0.2) is 0 Å². The van der Waals surface area contributed by atoms with Gasteiger partial charge in [-0.1, -0.05) is 129 Å². The van der Waals surface area contributed by atoms with E-state index in [-0.39, 0.29) is 5.41 Å². The average molecular weight is 620 g/mol. The Bertz CT molecular complexity index is 2260. The first-order valence-corrected chi connectivity index (χ1v) is 16.6. The fourth-order valence-corrected chi connectivity index (χ4v) is 7.19. The van der Waals surface area contributed by atoms with Gasteiger partial charge in [-0.25, -0.2) is 0 Å². The van der Waals surface area contributed by atoms with Gasteiger partial charge in [0.15, 0.2) is 0 Å². The highest BCUT2D eigenvalue weighted by Crippen LogP contribution is 2.51. The molecule has 0 spiro atoms. The van der Waals surface area contributed by atoms with E-state index in [0.29, 0.717) is 0 Å². The average Bonchev–Trinajstić information content (AvgIpc) is 3.64. The number of hydrogen-bond donors (Lipinski definition) is 0. The van der Waals surface area contributed by atoms with Crippen LogP contribution in [0.1, 0.15) is 37.5 Å². The molecule has 1 aromatic heterocycles. The van der Waals surface area contributed by atoms with Crippen molar-refractivity contribution in [2.75, 3.05) is 4.90 Å². The lowest BCUT2D eigenvalue weighted by molar-refractivity contribution is 0.615. The van der Waals surface area contributed by atoms with Crippen LogP contribution in [0.5, 0.6) is 0 Å². The van der Waals surface area contributed by atoms with Gasteiger partial charge in [-0.3, -0.25) is 0 Å². The van der Waals surface area contributed by atoms with Gasteiger partial charge in [-0.15, -0.1) is 0 Å². The molecule has 7 aromatic rings. The van der Waals surface area contributed by atoms with E-state index in [0.717, 1.165) is 33.6 Å². The van der Waals surface area contributed by atoms with Crippen molar-refractivity contribution in [3.05, 3.63) is 181 Å². The SMILES string of the molecule is C/C=C\C=C/c1coc2ccc(N(c3cc(-c4ccccc4)cc(-c4ccccc4)c3)c3ccc4c(c3)C(C)(C)c3ccccc3-4)cc12. The van der Waals surface area contributed by atoms with E-state index in [1.165, 1.54) is 44.5 Å². The number of hydrogen-bond acceptors (Lipinski definition) is 2. The lowest BCUT2D eigenvalue weighted by Gasteiger charge is -2.29. The van der Waals surface area contributed by atoms with E-state index in [4.69, 9.17) is 4.42 Å². The van der Waals surface area contributed by atoms with E-state index >= 15 is 0 Å². The summed E-state index contributed by atoms with van der Waals surface area (Å²) in [7, 11) is 0. The molecule has 0 saturated heterocycles. The highest BCUT2D eigenvalue weighted by atomic mass is 16.3. The first kappa shape index (κ1) is 29.5. The maximum Gasteiger partial charge on any atom is 0.134 e. The topological polar surface area (TPSA) is 16.4 Å². The fraction of sp³-hybridized carbons (Fsp3) is 0.0870. The van der Waals surface area contributed by atoms with Crippen LogP contribution in [0.15, 0.2) is 168 Å². The number of allylic oxidation sites excluding steroid dienone is 3. The van der Waals surface area contributed by atoms with Gasteiger partial charge in [0, 0.05) is 33.4 Å². The highest BCUT2D eigenvalue weighted by molar-refractivity contribution is 5.94. The number of anilines is 3. The second-order valence-corrected chi connectivity index (χ2v) is 13.0. The summed E-state index contributed by atoms with van der Waals surface area (Å²) >= 11 is 0. The third kappa shape index (κ3) is 5.16. The Labute approximate surface area is 282 Å². The third-order valence-corrected chi connectivity index (χ3v) is 9.64. The summed E-state index contributed by atoms with van der Waals surface area (Å²) < 4.78 is 6.01. The van der Waals surface area contributed by atoms with E-state index in [9.17, 15) is 0 Å². The molecule has 1 aliphatic rings. The summed E-state index contributed by atoms with van der Waals surface area (Å²) in [5, 5.41) is 1.08. The normalized spacial score (nSPS) is 13.3. The van der Waals surface area contributed by atoms with Crippen molar-refractivity contribution in [2.24, 2.45) is 0 Å². The Kier molecular flexibility index (Phi) is 7.42. The molecule has 0 atom stereocenters. The molecule has 232 valence electrons. The molecule has 6 aromatic carbocycles. The van der Waals surface area contributed by atoms with Gasteiger partial charge < -0.3 is 9.32 Å². The van der Waals surface area contributed by atoms with E-state index in [1.54, 1.807) is 0 Å². The molecular formula is C46H37NO. The zero-order chi connectivity index (χ0) is 32.7. The number of nitrogens with zero attached hydrogens (tertiary/aromatic N) is 1. The molecule has 0 N–H and O–H groups in total. The van der Waals surface area contributed by atoms with Crippen LogP contribution >= 0.6 is 0 Å². The lowest BCUT2D eigenvalue weighted by atomic mass is 9.82. The quantitative estimate of drug-likeness (QED) is 0.165. The molecule has 0 bridgehead atoms. The Hall–Kier alpha value is -5.86. The van der Waals surface area contributed by atoms with Gasteiger partial charge in [-0.2, -0.15) is 0 Å². The Morgan fingerprint density at radius 1 is 0.542 bits per heavy atom. The zero-order valence-corrected chi connectivity index (χ0v) is 27.5. The smallest absolute Gasteiger partial charge is 0.134 e. The standard InChI is InChI=1S/C46H37NO/c1-4-5-8-19-34-31-48-45-25-23-37(29-42(34)45)47(38-22-24-41-40-20-13-14-21-43(40)46(2,3)44(41)30-38)39-27-35(32-15-9-6-10-16-32)26-36(28-39)33-17-11-7-12-18-33/h4-31H,1-3H3/b5-4-,19-8-. The molecule has 2 nitrogen and oxygen atoms in total. The number of benzene rings is 6. The van der Waals surface area contributed by atoms with Gasteiger partial charge in [0.1, 0.15) is 5.58 Å². The first-order chi connectivity index (χ1) is 23.5. The Balaban J connectivity index is 1.37. The van der Waals surface area contributed by atoms with Crippen LogP contribution in [-0.2, 0) is 5.41 Å². The predicted octanol–water partition coefficient (Wildman–Crippen LogP) is 13.1. The van der Waals surface area contributed by atoms with Crippen molar-refractivity contribution >= 4 is 34.1 Å².